The Morgan fingerprint density at radius 1 is 1.16 bits per heavy atom. The van der Waals surface area contributed by atoms with Crippen molar-refractivity contribution in [1.82, 2.24) is 5.43 Å². The molecule has 0 unspecified atom stereocenters. The zero-order valence-corrected chi connectivity index (χ0v) is 16.5. The van der Waals surface area contributed by atoms with Crippen molar-refractivity contribution >= 4 is 41.5 Å². The van der Waals surface area contributed by atoms with Crippen LogP contribution in [0, 0.1) is 10.1 Å². The average Bonchev–Trinajstić information content (AvgIpc) is 3.29. The molecule has 9 nitrogen and oxygen atoms in total. The maximum atomic E-state index is 12.2. The molecular weight excluding hydrogens is 426 g/mol. The Morgan fingerprint density at radius 2 is 1.94 bits per heavy atom. The molecule has 0 radical (unpaired) electrons. The largest absolute Gasteiger partial charge is 0.459 e. The highest BCUT2D eigenvalue weighted by Gasteiger charge is 2.09. The van der Waals surface area contributed by atoms with E-state index in [1.807, 2.05) is 0 Å². The summed E-state index contributed by atoms with van der Waals surface area (Å²) in [5, 5.41) is 14.9. The highest BCUT2D eigenvalue weighted by atomic mass is 35.5. The van der Waals surface area contributed by atoms with Crippen molar-refractivity contribution < 1.29 is 23.7 Å². The molecule has 0 atom stereocenters. The molecule has 3 aromatic rings. The molecule has 2 aromatic carbocycles. The Balaban J connectivity index is 1.66. The summed E-state index contributed by atoms with van der Waals surface area (Å²) < 4.78 is 10.3. The molecule has 0 bridgehead atoms. The molecule has 0 saturated carbocycles. The summed E-state index contributed by atoms with van der Waals surface area (Å²) in [6, 6.07) is 13.2. The number of hydrogen-bond donors (Lipinski definition) is 1. The molecule has 156 valence electrons. The number of halogens is 1. The zero-order valence-electron chi connectivity index (χ0n) is 15.7. The van der Waals surface area contributed by atoms with Crippen LogP contribution in [0.25, 0.3) is 6.08 Å². The topological polar surface area (TPSA) is 124 Å². The van der Waals surface area contributed by atoms with Crippen molar-refractivity contribution in [2.24, 2.45) is 5.10 Å². The van der Waals surface area contributed by atoms with Gasteiger partial charge in [-0.15, -0.1) is 0 Å². The monoisotopic (exact) mass is 439 g/mol. The Kier molecular flexibility index (Phi) is 6.92. The van der Waals surface area contributed by atoms with Crippen LogP contribution in [0.5, 0.6) is 5.75 Å². The van der Waals surface area contributed by atoms with E-state index in [2.05, 4.69) is 10.5 Å². The Morgan fingerprint density at radius 3 is 2.61 bits per heavy atom. The van der Waals surface area contributed by atoms with Crippen LogP contribution in [-0.4, -0.2) is 23.0 Å². The van der Waals surface area contributed by atoms with Gasteiger partial charge in [-0.3, -0.25) is 14.9 Å². The van der Waals surface area contributed by atoms with E-state index in [0.717, 1.165) is 0 Å². The second kappa shape index (κ2) is 9.99. The molecule has 0 saturated heterocycles. The molecule has 10 heteroatoms. The number of ether oxygens (including phenoxy) is 1. The predicted octanol–water partition coefficient (Wildman–Crippen LogP) is 4.22. The third-order valence-electron chi connectivity index (χ3n) is 3.81. The summed E-state index contributed by atoms with van der Waals surface area (Å²) in [5.74, 6) is -0.979. The molecule has 3 rings (SSSR count). The molecule has 1 heterocycles. The number of carbonyl (C=O) groups is 2. The number of nitrogens with zero attached hydrogens (tertiary/aromatic N) is 2. The van der Waals surface area contributed by atoms with E-state index >= 15 is 0 Å². The SMILES string of the molecule is O=C(/C=C/c1ccc([N+](=O)[O-])cc1)Oc1ccc(Cl)cc1/C=N/NC(=O)c1ccco1. The van der Waals surface area contributed by atoms with Gasteiger partial charge in [0.1, 0.15) is 5.75 Å². The minimum Gasteiger partial charge on any atom is -0.459 e. The van der Waals surface area contributed by atoms with Crippen LogP contribution >= 0.6 is 11.6 Å². The average molecular weight is 440 g/mol. The van der Waals surface area contributed by atoms with Crippen LogP contribution in [-0.2, 0) is 4.79 Å². The lowest BCUT2D eigenvalue weighted by Gasteiger charge is -2.06. The van der Waals surface area contributed by atoms with Crippen molar-refractivity contribution in [3.63, 3.8) is 0 Å². The van der Waals surface area contributed by atoms with Crippen LogP contribution in [0.4, 0.5) is 5.69 Å². The maximum absolute atomic E-state index is 12.2. The third-order valence-corrected chi connectivity index (χ3v) is 4.05. The maximum Gasteiger partial charge on any atom is 0.336 e. The van der Waals surface area contributed by atoms with E-state index in [1.54, 1.807) is 6.07 Å². The van der Waals surface area contributed by atoms with Gasteiger partial charge in [0.25, 0.3) is 5.69 Å². The van der Waals surface area contributed by atoms with Crippen molar-refractivity contribution in [3.05, 3.63) is 99.0 Å². The number of nitrogens with one attached hydrogen (secondary N) is 1. The van der Waals surface area contributed by atoms with Gasteiger partial charge in [-0.05, 0) is 54.1 Å². The van der Waals surface area contributed by atoms with Gasteiger partial charge in [-0.2, -0.15) is 5.10 Å². The molecule has 1 amide bonds. The van der Waals surface area contributed by atoms with Crippen molar-refractivity contribution in [2.75, 3.05) is 0 Å². The van der Waals surface area contributed by atoms with Gasteiger partial charge in [0, 0.05) is 28.8 Å². The van der Waals surface area contributed by atoms with Gasteiger partial charge in [0.15, 0.2) is 5.76 Å². The number of carbonyl (C=O) groups excluding carboxylic acids is 2. The summed E-state index contributed by atoms with van der Waals surface area (Å²) in [7, 11) is 0. The second-order valence-electron chi connectivity index (χ2n) is 5.96. The number of amides is 1. The van der Waals surface area contributed by atoms with Crippen molar-refractivity contribution in [3.8, 4) is 5.75 Å². The molecule has 0 aliphatic heterocycles. The minimum absolute atomic E-state index is 0.0519. The smallest absolute Gasteiger partial charge is 0.336 e. The quantitative estimate of drug-likeness (QED) is 0.147. The van der Waals surface area contributed by atoms with Crippen LogP contribution in [0.15, 0.2) is 76.5 Å². The third kappa shape index (κ3) is 6.12. The fourth-order valence-corrected chi connectivity index (χ4v) is 2.53. The molecule has 0 aliphatic carbocycles. The highest BCUT2D eigenvalue weighted by molar-refractivity contribution is 6.31. The molecule has 1 N–H and O–H groups in total. The highest BCUT2D eigenvalue weighted by Crippen LogP contribution is 2.22. The summed E-state index contributed by atoms with van der Waals surface area (Å²) in [5.41, 5.74) is 3.17. The molecule has 31 heavy (non-hydrogen) atoms. The number of non-ortho nitro benzene ring substituents is 1. The fourth-order valence-electron chi connectivity index (χ4n) is 2.35. The van der Waals surface area contributed by atoms with Crippen molar-refractivity contribution in [2.45, 2.75) is 0 Å². The first kappa shape index (κ1) is 21.5. The lowest BCUT2D eigenvalue weighted by Crippen LogP contribution is -2.16. The van der Waals surface area contributed by atoms with Gasteiger partial charge >= 0.3 is 11.9 Å². The van der Waals surface area contributed by atoms with E-state index in [-0.39, 0.29) is 17.2 Å². The summed E-state index contributed by atoms with van der Waals surface area (Å²) in [6.45, 7) is 0. The fraction of sp³-hybridized carbons (Fsp3) is 0. The van der Waals surface area contributed by atoms with Gasteiger partial charge in [-0.25, -0.2) is 10.2 Å². The first-order valence-electron chi connectivity index (χ1n) is 8.73. The van der Waals surface area contributed by atoms with Gasteiger partial charge < -0.3 is 9.15 Å². The number of furan rings is 1. The standard InChI is InChI=1S/C21H14ClN3O6/c22-16-6-9-18(15(12-16)13-23-24-21(27)19-2-1-11-30-19)31-20(26)10-5-14-3-7-17(8-4-14)25(28)29/h1-13H,(H,24,27)/b10-5+,23-13+. The number of hydrogen-bond acceptors (Lipinski definition) is 7. The molecule has 0 aliphatic rings. The first-order chi connectivity index (χ1) is 14.9. The predicted molar refractivity (Wildman–Crippen MR) is 113 cm³/mol. The number of esters is 1. The van der Waals surface area contributed by atoms with E-state index in [0.29, 0.717) is 16.1 Å². The van der Waals surface area contributed by atoms with Gasteiger partial charge in [0.05, 0.1) is 17.4 Å². The summed E-state index contributed by atoms with van der Waals surface area (Å²) >= 11 is 5.99. The lowest BCUT2D eigenvalue weighted by molar-refractivity contribution is -0.384. The minimum atomic E-state index is -0.685. The first-order valence-corrected chi connectivity index (χ1v) is 9.11. The number of rotatable bonds is 7. The number of nitro benzene ring substituents is 1. The normalized spacial score (nSPS) is 11.0. The van der Waals surface area contributed by atoms with Crippen LogP contribution in [0.2, 0.25) is 5.02 Å². The lowest BCUT2D eigenvalue weighted by atomic mass is 10.2. The van der Waals surface area contributed by atoms with Gasteiger partial charge in [0.2, 0.25) is 0 Å². The Labute approximate surface area is 180 Å². The number of hydrazone groups is 1. The molecule has 0 spiro atoms. The molecule has 0 fully saturated rings. The second-order valence-corrected chi connectivity index (χ2v) is 6.40. The zero-order chi connectivity index (χ0) is 22.2. The number of benzene rings is 2. The van der Waals surface area contributed by atoms with E-state index in [9.17, 15) is 19.7 Å². The summed E-state index contributed by atoms with van der Waals surface area (Å²) in [6.07, 6.45) is 5.27. The number of nitro groups is 1. The molecule has 1 aromatic heterocycles. The van der Waals surface area contributed by atoms with E-state index in [4.69, 9.17) is 20.8 Å². The van der Waals surface area contributed by atoms with Gasteiger partial charge in [-0.1, -0.05) is 11.6 Å². The van der Waals surface area contributed by atoms with Crippen LogP contribution in [0.1, 0.15) is 21.7 Å². The van der Waals surface area contributed by atoms with E-state index in [1.165, 1.54) is 73.2 Å². The van der Waals surface area contributed by atoms with Crippen molar-refractivity contribution in [1.29, 1.82) is 0 Å². The van der Waals surface area contributed by atoms with Crippen LogP contribution in [0.3, 0.4) is 0 Å². The molecular formula is C21H14ClN3O6. The Hall–Kier alpha value is -4.24. The Bertz CT molecular complexity index is 1150. The van der Waals surface area contributed by atoms with E-state index < -0.39 is 16.8 Å². The summed E-state index contributed by atoms with van der Waals surface area (Å²) in [4.78, 5) is 34.1. The van der Waals surface area contributed by atoms with Crippen LogP contribution < -0.4 is 10.2 Å².